The Bertz CT molecular complexity index is 410. The highest BCUT2D eigenvalue weighted by Gasteiger charge is 2.39. The van der Waals surface area contributed by atoms with Crippen LogP contribution < -0.4 is 5.32 Å². The first-order chi connectivity index (χ1) is 9.10. The molecule has 1 aliphatic rings. The second-order valence-electron chi connectivity index (χ2n) is 6.51. The SMILES string of the molecule is CCC(C)C1(CNC(C)C)CCCc2ccccc21. The van der Waals surface area contributed by atoms with Crippen molar-refractivity contribution in [2.75, 3.05) is 6.54 Å². The van der Waals surface area contributed by atoms with E-state index >= 15 is 0 Å². The summed E-state index contributed by atoms with van der Waals surface area (Å²) >= 11 is 0. The van der Waals surface area contributed by atoms with E-state index in [4.69, 9.17) is 0 Å². The molecule has 0 saturated heterocycles. The van der Waals surface area contributed by atoms with Gasteiger partial charge in [-0.1, -0.05) is 58.4 Å². The summed E-state index contributed by atoms with van der Waals surface area (Å²) in [7, 11) is 0. The zero-order chi connectivity index (χ0) is 13.9. The lowest BCUT2D eigenvalue weighted by Gasteiger charge is -2.44. The van der Waals surface area contributed by atoms with Crippen molar-refractivity contribution in [2.24, 2.45) is 5.92 Å². The summed E-state index contributed by atoms with van der Waals surface area (Å²) in [5.41, 5.74) is 3.54. The Morgan fingerprint density at radius 1 is 1.21 bits per heavy atom. The molecule has 0 fully saturated rings. The largest absolute Gasteiger partial charge is 0.314 e. The molecule has 19 heavy (non-hydrogen) atoms. The fourth-order valence-electron chi connectivity index (χ4n) is 3.60. The van der Waals surface area contributed by atoms with Crippen LogP contribution in [0.15, 0.2) is 24.3 Å². The highest BCUT2D eigenvalue weighted by molar-refractivity contribution is 5.38. The number of benzene rings is 1. The van der Waals surface area contributed by atoms with E-state index in [0.29, 0.717) is 11.5 Å². The van der Waals surface area contributed by atoms with Gasteiger partial charge in [-0.3, -0.25) is 0 Å². The molecule has 0 aliphatic heterocycles. The van der Waals surface area contributed by atoms with E-state index < -0.39 is 0 Å². The van der Waals surface area contributed by atoms with Gasteiger partial charge >= 0.3 is 0 Å². The molecule has 1 heteroatoms. The van der Waals surface area contributed by atoms with Crippen LogP contribution in [0, 0.1) is 5.92 Å². The standard InChI is InChI=1S/C18H29N/c1-5-15(4)18(13-19-14(2)3)12-8-10-16-9-6-7-11-17(16)18/h6-7,9,11,14-15,19H,5,8,10,12-13H2,1-4H3. The van der Waals surface area contributed by atoms with Crippen LogP contribution in [0.5, 0.6) is 0 Å². The topological polar surface area (TPSA) is 12.0 Å². The molecule has 0 spiro atoms. The van der Waals surface area contributed by atoms with Crippen LogP contribution in [0.1, 0.15) is 58.1 Å². The van der Waals surface area contributed by atoms with Crippen molar-refractivity contribution in [1.29, 1.82) is 0 Å². The second-order valence-corrected chi connectivity index (χ2v) is 6.51. The van der Waals surface area contributed by atoms with Crippen molar-refractivity contribution in [2.45, 2.75) is 64.8 Å². The average Bonchev–Trinajstić information content (AvgIpc) is 2.44. The minimum atomic E-state index is 0.341. The first-order valence-corrected chi connectivity index (χ1v) is 7.92. The maximum atomic E-state index is 3.71. The van der Waals surface area contributed by atoms with Crippen molar-refractivity contribution in [3.63, 3.8) is 0 Å². The first kappa shape index (κ1) is 14.6. The average molecular weight is 259 g/mol. The van der Waals surface area contributed by atoms with E-state index in [1.807, 2.05) is 0 Å². The van der Waals surface area contributed by atoms with Crippen LogP contribution in [-0.4, -0.2) is 12.6 Å². The van der Waals surface area contributed by atoms with Gasteiger partial charge in [0.2, 0.25) is 0 Å². The Morgan fingerprint density at radius 3 is 2.63 bits per heavy atom. The van der Waals surface area contributed by atoms with Gasteiger partial charge in [0, 0.05) is 18.0 Å². The summed E-state index contributed by atoms with van der Waals surface area (Å²) in [5.74, 6) is 0.736. The maximum absolute atomic E-state index is 3.71. The minimum Gasteiger partial charge on any atom is -0.314 e. The van der Waals surface area contributed by atoms with Gasteiger partial charge in [0.05, 0.1) is 0 Å². The summed E-state index contributed by atoms with van der Waals surface area (Å²) in [6, 6.07) is 9.69. The van der Waals surface area contributed by atoms with E-state index in [0.717, 1.165) is 12.5 Å². The number of aryl methyl sites for hydroxylation is 1. The molecule has 0 radical (unpaired) electrons. The minimum absolute atomic E-state index is 0.341. The molecule has 0 heterocycles. The first-order valence-electron chi connectivity index (χ1n) is 7.92. The fraction of sp³-hybridized carbons (Fsp3) is 0.667. The normalized spacial score (nSPS) is 24.3. The number of fused-ring (bicyclic) bond motifs is 1. The van der Waals surface area contributed by atoms with Crippen molar-refractivity contribution >= 4 is 0 Å². The second kappa shape index (κ2) is 6.09. The van der Waals surface area contributed by atoms with Gasteiger partial charge in [0.1, 0.15) is 0 Å². The van der Waals surface area contributed by atoms with E-state index in [9.17, 15) is 0 Å². The van der Waals surface area contributed by atoms with E-state index in [-0.39, 0.29) is 0 Å². The highest BCUT2D eigenvalue weighted by Crippen LogP contribution is 2.43. The number of rotatable bonds is 5. The Morgan fingerprint density at radius 2 is 1.95 bits per heavy atom. The predicted octanol–water partition coefficient (Wildman–Crippen LogP) is 4.30. The summed E-state index contributed by atoms with van der Waals surface area (Å²) in [4.78, 5) is 0. The van der Waals surface area contributed by atoms with Crippen LogP contribution in [-0.2, 0) is 11.8 Å². The van der Waals surface area contributed by atoms with Crippen LogP contribution in [0.2, 0.25) is 0 Å². The van der Waals surface area contributed by atoms with Crippen molar-refractivity contribution in [3.05, 3.63) is 35.4 Å². The molecule has 1 aromatic rings. The quantitative estimate of drug-likeness (QED) is 0.831. The Kier molecular flexibility index (Phi) is 4.67. The van der Waals surface area contributed by atoms with E-state index in [1.165, 1.54) is 25.7 Å². The molecule has 106 valence electrons. The lowest BCUT2D eigenvalue weighted by Crippen LogP contribution is -2.47. The molecule has 2 unspecified atom stereocenters. The van der Waals surface area contributed by atoms with Crippen LogP contribution in [0.3, 0.4) is 0 Å². The van der Waals surface area contributed by atoms with Gasteiger partial charge in [-0.15, -0.1) is 0 Å². The molecule has 0 bridgehead atoms. The third-order valence-corrected chi connectivity index (χ3v) is 5.00. The Labute approximate surface area is 118 Å². The van der Waals surface area contributed by atoms with Gasteiger partial charge in [-0.2, -0.15) is 0 Å². The molecule has 1 aliphatic carbocycles. The molecule has 1 aromatic carbocycles. The smallest absolute Gasteiger partial charge is 0.0106 e. The number of hydrogen-bond donors (Lipinski definition) is 1. The highest BCUT2D eigenvalue weighted by atomic mass is 14.9. The van der Waals surface area contributed by atoms with Crippen LogP contribution in [0.4, 0.5) is 0 Å². The molecule has 2 atom stereocenters. The van der Waals surface area contributed by atoms with Crippen molar-refractivity contribution < 1.29 is 0 Å². The van der Waals surface area contributed by atoms with E-state index in [2.05, 4.69) is 57.3 Å². The molecular formula is C18H29N. The zero-order valence-electron chi connectivity index (χ0n) is 13.0. The van der Waals surface area contributed by atoms with Crippen molar-refractivity contribution in [3.8, 4) is 0 Å². The lowest BCUT2D eigenvalue weighted by molar-refractivity contribution is 0.225. The number of nitrogens with one attached hydrogen (secondary N) is 1. The molecule has 0 saturated carbocycles. The monoisotopic (exact) mass is 259 g/mol. The maximum Gasteiger partial charge on any atom is 0.0106 e. The molecule has 2 rings (SSSR count). The van der Waals surface area contributed by atoms with Gasteiger partial charge in [-0.05, 0) is 36.3 Å². The van der Waals surface area contributed by atoms with Gasteiger partial charge < -0.3 is 5.32 Å². The third kappa shape index (κ3) is 2.86. The third-order valence-electron chi connectivity index (χ3n) is 5.00. The van der Waals surface area contributed by atoms with Gasteiger partial charge in [0.25, 0.3) is 0 Å². The van der Waals surface area contributed by atoms with Crippen LogP contribution in [0.25, 0.3) is 0 Å². The molecule has 1 nitrogen and oxygen atoms in total. The fourth-order valence-corrected chi connectivity index (χ4v) is 3.60. The van der Waals surface area contributed by atoms with Gasteiger partial charge in [0.15, 0.2) is 0 Å². The Hall–Kier alpha value is -0.820. The zero-order valence-corrected chi connectivity index (χ0v) is 13.0. The molecule has 0 aromatic heterocycles. The lowest BCUT2D eigenvalue weighted by atomic mass is 9.62. The predicted molar refractivity (Wildman–Crippen MR) is 83.7 cm³/mol. The summed E-state index contributed by atoms with van der Waals surface area (Å²) in [5, 5.41) is 3.71. The van der Waals surface area contributed by atoms with Crippen molar-refractivity contribution in [1.82, 2.24) is 5.32 Å². The van der Waals surface area contributed by atoms with E-state index in [1.54, 1.807) is 11.1 Å². The summed E-state index contributed by atoms with van der Waals surface area (Å²) in [6.45, 7) is 10.4. The van der Waals surface area contributed by atoms with Crippen LogP contribution >= 0.6 is 0 Å². The molecule has 0 amide bonds. The number of hydrogen-bond acceptors (Lipinski definition) is 1. The van der Waals surface area contributed by atoms with Gasteiger partial charge in [-0.25, -0.2) is 0 Å². The Balaban J connectivity index is 2.38. The summed E-state index contributed by atoms with van der Waals surface area (Å²) < 4.78 is 0. The molecular weight excluding hydrogens is 230 g/mol. The summed E-state index contributed by atoms with van der Waals surface area (Å²) in [6.07, 6.45) is 5.18. The molecule has 1 N–H and O–H groups in total.